The molecule has 12 nitrogen and oxygen atoms in total. The molecule has 6 heterocycles. The third-order valence-electron chi connectivity index (χ3n) is 6.05. The molecule has 0 spiro atoms. The summed E-state index contributed by atoms with van der Waals surface area (Å²) in [5.41, 5.74) is 3.35. The van der Waals surface area contributed by atoms with Crippen LogP contribution in [0.5, 0.6) is 0 Å². The molecular formula is C23H26N10O2S. The third kappa shape index (κ3) is 4.27. The Labute approximate surface area is 212 Å². The van der Waals surface area contributed by atoms with E-state index in [-0.39, 0.29) is 25.1 Å². The Kier molecular flexibility index (Phi) is 6.33. The summed E-state index contributed by atoms with van der Waals surface area (Å²) in [6, 6.07) is 3.42. The second-order valence-corrected chi connectivity index (χ2v) is 8.49. The van der Waals surface area contributed by atoms with E-state index < -0.39 is 0 Å². The van der Waals surface area contributed by atoms with Crippen molar-refractivity contribution < 1.29 is 4.74 Å². The van der Waals surface area contributed by atoms with Gasteiger partial charge in [0.2, 0.25) is 0 Å². The Balaban J connectivity index is 0.00000267. The summed E-state index contributed by atoms with van der Waals surface area (Å²) in [6.07, 6.45) is 6.89. The van der Waals surface area contributed by atoms with Crippen molar-refractivity contribution in [2.24, 2.45) is 7.05 Å². The van der Waals surface area contributed by atoms with Crippen LogP contribution in [-0.2, 0) is 11.8 Å². The number of H-pyrrole nitrogens is 2. The first-order valence-corrected chi connectivity index (χ1v) is 11.4. The van der Waals surface area contributed by atoms with E-state index in [0.29, 0.717) is 47.1 Å². The molecule has 1 fully saturated rings. The molecule has 0 aromatic carbocycles. The lowest BCUT2D eigenvalue weighted by Crippen LogP contribution is -2.36. The zero-order chi connectivity index (χ0) is 23.9. The fraction of sp³-hybridized carbons (Fsp3) is 0.304. The number of ether oxygens (including phenoxy) is 1. The first kappa shape index (κ1) is 23.8. The SMILES string of the molecule is C[C@H](Nc1c(-c2nc3cc(N4CCOCC4)ncc3[nH]2)c(=O)[nH]c2cn(C)nc12)c1ncccn1.S. The van der Waals surface area contributed by atoms with Crippen LogP contribution in [0.4, 0.5) is 11.5 Å². The molecule has 0 aliphatic carbocycles. The van der Waals surface area contributed by atoms with Crippen LogP contribution >= 0.6 is 13.5 Å². The molecule has 0 bridgehead atoms. The largest absolute Gasteiger partial charge is 0.378 e. The van der Waals surface area contributed by atoms with Crippen LogP contribution in [0, 0.1) is 0 Å². The summed E-state index contributed by atoms with van der Waals surface area (Å²) in [6.45, 7) is 4.83. The Morgan fingerprint density at radius 3 is 2.67 bits per heavy atom. The van der Waals surface area contributed by atoms with Gasteiger partial charge in [-0.05, 0) is 13.0 Å². The number of nitrogens with zero attached hydrogens (tertiary/aromatic N) is 7. The van der Waals surface area contributed by atoms with E-state index in [4.69, 9.17) is 9.72 Å². The van der Waals surface area contributed by atoms with Crippen molar-refractivity contribution in [3.05, 3.63) is 53.1 Å². The first-order valence-electron chi connectivity index (χ1n) is 11.4. The van der Waals surface area contributed by atoms with Crippen molar-refractivity contribution >= 4 is 47.1 Å². The predicted molar refractivity (Wildman–Crippen MR) is 142 cm³/mol. The van der Waals surface area contributed by atoms with Crippen LogP contribution in [0.25, 0.3) is 33.5 Å². The van der Waals surface area contributed by atoms with Crippen LogP contribution in [0.15, 0.2) is 41.7 Å². The number of anilines is 2. The van der Waals surface area contributed by atoms with Crippen molar-refractivity contribution in [3.8, 4) is 11.4 Å². The second-order valence-electron chi connectivity index (χ2n) is 8.49. The molecule has 5 aromatic heterocycles. The average Bonchev–Trinajstić information content (AvgIpc) is 3.47. The summed E-state index contributed by atoms with van der Waals surface area (Å²) in [7, 11) is 1.81. The quantitative estimate of drug-likeness (QED) is 0.327. The van der Waals surface area contributed by atoms with Crippen molar-refractivity contribution in [2.75, 3.05) is 36.5 Å². The fourth-order valence-corrected chi connectivity index (χ4v) is 4.35. The summed E-state index contributed by atoms with van der Waals surface area (Å²) < 4.78 is 7.11. The van der Waals surface area contributed by atoms with Gasteiger partial charge in [0.05, 0.1) is 47.7 Å². The van der Waals surface area contributed by atoms with Gasteiger partial charge in [-0.15, -0.1) is 0 Å². The van der Waals surface area contributed by atoms with E-state index in [0.717, 1.165) is 29.9 Å². The molecule has 1 aliphatic heterocycles. The number of hydrogen-bond donors (Lipinski definition) is 3. The lowest BCUT2D eigenvalue weighted by Gasteiger charge is -2.27. The highest BCUT2D eigenvalue weighted by atomic mass is 32.1. The van der Waals surface area contributed by atoms with Crippen LogP contribution in [0.1, 0.15) is 18.8 Å². The van der Waals surface area contributed by atoms with E-state index in [1.807, 2.05) is 20.0 Å². The van der Waals surface area contributed by atoms with Crippen LogP contribution in [0.3, 0.4) is 0 Å². The molecule has 0 saturated carbocycles. The van der Waals surface area contributed by atoms with Gasteiger partial charge in [-0.3, -0.25) is 9.48 Å². The number of morpholine rings is 1. The van der Waals surface area contributed by atoms with E-state index in [1.165, 1.54) is 0 Å². The van der Waals surface area contributed by atoms with Gasteiger partial charge >= 0.3 is 0 Å². The van der Waals surface area contributed by atoms with Gasteiger partial charge in [0.15, 0.2) is 0 Å². The third-order valence-corrected chi connectivity index (χ3v) is 6.05. The van der Waals surface area contributed by atoms with Gasteiger partial charge in [-0.1, -0.05) is 0 Å². The van der Waals surface area contributed by atoms with Crippen molar-refractivity contribution in [1.29, 1.82) is 0 Å². The summed E-state index contributed by atoms with van der Waals surface area (Å²) in [4.78, 5) is 39.7. The van der Waals surface area contributed by atoms with Gasteiger partial charge in [0.25, 0.3) is 5.56 Å². The molecule has 3 N–H and O–H groups in total. The molecule has 0 amide bonds. The maximum absolute atomic E-state index is 13.3. The van der Waals surface area contributed by atoms with Crippen LogP contribution in [0.2, 0.25) is 0 Å². The lowest BCUT2D eigenvalue weighted by atomic mass is 10.1. The number of aryl methyl sites for hydroxylation is 1. The molecule has 186 valence electrons. The topological polar surface area (TPSA) is 143 Å². The van der Waals surface area contributed by atoms with E-state index in [9.17, 15) is 4.79 Å². The summed E-state index contributed by atoms with van der Waals surface area (Å²) in [5.74, 6) is 1.87. The Morgan fingerprint density at radius 2 is 1.89 bits per heavy atom. The monoisotopic (exact) mass is 506 g/mol. The van der Waals surface area contributed by atoms with Gasteiger partial charge in [-0.2, -0.15) is 18.6 Å². The van der Waals surface area contributed by atoms with Gasteiger partial charge in [-0.25, -0.2) is 19.9 Å². The average molecular weight is 507 g/mol. The highest BCUT2D eigenvalue weighted by molar-refractivity contribution is 7.59. The predicted octanol–water partition coefficient (Wildman–Crippen LogP) is 2.11. The summed E-state index contributed by atoms with van der Waals surface area (Å²) >= 11 is 0. The number of aromatic nitrogens is 8. The molecule has 1 aliphatic rings. The van der Waals surface area contributed by atoms with Crippen LogP contribution < -0.4 is 15.8 Å². The maximum Gasteiger partial charge on any atom is 0.261 e. The van der Waals surface area contributed by atoms with E-state index >= 15 is 0 Å². The zero-order valence-electron chi connectivity index (χ0n) is 19.8. The smallest absolute Gasteiger partial charge is 0.261 e. The number of nitrogens with one attached hydrogen (secondary N) is 3. The molecule has 1 atom stereocenters. The normalized spacial score (nSPS) is 14.7. The van der Waals surface area contributed by atoms with E-state index in [2.05, 4.69) is 40.2 Å². The highest BCUT2D eigenvalue weighted by Gasteiger charge is 2.23. The Morgan fingerprint density at radius 1 is 1.11 bits per heavy atom. The van der Waals surface area contributed by atoms with Crippen LogP contribution in [-0.4, -0.2) is 66.0 Å². The highest BCUT2D eigenvalue weighted by Crippen LogP contribution is 2.32. The summed E-state index contributed by atoms with van der Waals surface area (Å²) in [5, 5.41) is 8.00. The fourth-order valence-electron chi connectivity index (χ4n) is 4.35. The molecule has 0 unspecified atom stereocenters. The minimum absolute atomic E-state index is 0. The number of rotatable bonds is 5. The molecule has 36 heavy (non-hydrogen) atoms. The minimum atomic E-state index is -0.283. The Bertz CT molecular complexity index is 1570. The molecule has 0 radical (unpaired) electrons. The molecular weight excluding hydrogens is 480 g/mol. The van der Waals surface area contributed by atoms with Crippen molar-refractivity contribution in [2.45, 2.75) is 13.0 Å². The van der Waals surface area contributed by atoms with E-state index in [1.54, 1.807) is 35.5 Å². The number of imidazole rings is 1. The number of pyridine rings is 2. The lowest BCUT2D eigenvalue weighted by molar-refractivity contribution is 0.122. The van der Waals surface area contributed by atoms with Crippen molar-refractivity contribution in [3.63, 3.8) is 0 Å². The maximum atomic E-state index is 13.3. The zero-order valence-corrected chi connectivity index (χ0v) is 20.8. The van der Waals surface area contributed by atoms with Gasteiger partial charge in [0.1, 0.15) is 28.5 Å². The minimum Gasteiger partial charge on any atom is -0.378 e. The Hall–Kier alpha value is -3.97. The van der Waals surface area contributed by atoms with Gasteiger partial charge < -0.3 is 24.9 Å². The molecule has 1 saturated heterocycles. The van der Waals surface area contributed by atoms with Crippen molar-refractivity contribution in [1.82, 2.24) is 39.7 Å². The molecule has 13 heteroatoms. The van der Waals surface area contributed by atoms with Gasteiger partial charge in [0, 0.05) is 44.8 Å². The molecule has 5 aromatic rings. The first-order chi connectivity index (χ1) is 17.1. The second kappa shape index (κ2) is 9.59. The molecule has 6 rings (SSSR count). The number of aromatic amines is 2. The number of hydrogen-bond acceptors (Lipinski definition) is 9. The standard InChI is InChI=1S/C23H24N10O2.H2S/c1-13(21-24-4-3-5-25-21)27-20-18(23(34)30-16-12-32(2)31-19(16)20)22-28-14-10-17(26-11-15(14)29-22)33-6-8-35-9-7-33;/h3-5,10-13,27H,6-9H2,1-2H3,(H,28,29)(H,30,34);1H2/t13-;/m0./s1. The number of fused-ring (bicyclic) bond motifs is 2.